The number of hydrogen-bond acceptors (Lipinski definition) is 4. The molecule has 1 rings (SSSR count). The Balaban J connectivity index is 2.72. The lowest BCUT2D eigenvalue weighted by Crippen LogP contribution is -2.44. The van der Waals surface area contributed by atoms with Gasteiger partial charge in [0, 0.05) is 6.54 Å². The molecule has 0 amide bonds. The van der Waals surface area contributed by atoms with Gasteiger partial charge in [0.25, 0.3) is 0 Å². The number of methoxy groups -OCH3 is 1. The van der Waals surface area contributed by atoms with E-state index in [9.17, 15) is 9.90 Å². The van der Waals surface area contributed by atoms with Crippen LogP contribution >= 0.6 is 0 Å². The van der Waals surface area contributed by atoms with Crippen LogP contribution in [-0.2, 0) is 4.79 Å². The molecule has 1 aromatic rings. The molecule has 1 atom stereocenters. The van der Waals surface area contributed by atoms with Crippen LogP contribution in [-0.4, -0.2) is 31.3 Å². The normalized spacial score (nSPS) is 13.8. The van der Waals surface area contributed by atoms with Crippen molar-refractivity contribution in [2.45, 2.75) is 20.3 Å². The van der Waals surface area contributed by atoms with E-state index in [0.29, 0.717) is 17.9 Å². The van der Waals surface area contributed by atoms with Gasteiger partial charge in [-0.3, -0.25) is 4.79 Å². The molecule has 0 aliphatic rings. The first-order valence-corrected chi connectivity index (χ1v) is 6.67. The fourth-order valence-electron chi connectivity index (χ4n) is 2.15. The molecule has 1 aromatic carbocycles. The van der Waals surface area contributed by atoms with Gasteiger partial charge >= 0.3 is 5.97 Å². The molecule has 0 fully saturated rings. The zero-order valence-electron chi connectivity index (χ0n) is 12.3. The van der Waals surface area contributed by atoms with E-state index >= 15 is 0 Å². The smallest absolute Gasteiger partial charge is 0.311 e. The van der Waals surface area contributed by atoms with Crippen LogP contribution in [0.15, 0.2) is 24.3 Å². The molecular weight excluding hydrogens is 258 g/mol. The molecule has 5 nitrogen and oxygen atoms in total. The third kappa shape index (κ3) is 3.42. The first-order valence-electron chi connectivity index (χ1n) is 6.67. The topological polar surface area (TPSA) is 81.8 Å². The Bertz CT molecular complexity index is 447. The summed E-state index contributed by atoms with van der Waals surface area (Å²) >= 11 is 0. The summed E-state index contributed by atoms with van der Waals surface area (Å²) in [5.74, 6) is 0.297. The largest absolute Gasteiger partial charge is 0.493 e. The van der Waals surface area contributed by atoms with Gasteiger partial charge in [-0.15, -0.1) is 0 Å². The molecule has 0 saturated heterocycles. The summed E-state index contributed by atoms with van der Waals surface area (Å²) in [4.78, 5) is 11.5. The molecule has 5 heteroatoms. The molecule has 20 heavy (non-hydrogen) atoms. The molecular formula is C15H23NO4. The maximum Gasteiger partial charge on any atom is 0.311 e. The number of benzene rings is 1. The first-order chi connectivity index (χ1) is 9.47. The quantitative estimate of drug-likeness (QED) is 0.763. The second-order valence-corrected chi connectivity index (χ2v) is 5.07. The van der Waals surface area contributed by atoms with E-state index in [0.717, 1.165) is 0 Å². The number of carbonyl (C=O) groups is 1. The number of ether oxygens (including phenoxy) is 2. The van der Waals surface area contributed by atoms with Crippen LogP contribution in [0.5, 0.6) is 11.5 Å². The van der Waals surface area contributed by atoms with E-state index in [1.807, 2.05) is 26.0 Å². The van der Waals surface area contributed by atoms with Gasteiger partial charge in [0.05, 0.1) is 19.1 Å². The van der Waals surface area contributed by atoms with Gasteiger partial charge < -0.3 is 20.3 Å². The van der Waals surface area contributed by atoms with Crippen LogP contribution in [0.1, 0.15) is 20.3 Å². The highest BCUT2D eigenvalue weighted by molar-refractivity contribution is 5.75. The number of carboxylic acid groups (broad SMARTS) is 1. The molecule has 0 aromatic heterocycles. The maximum atomic E-state index is 11.5. The van der Waals surface area contributed by atoms with Gasteiger partial charge in [-0.05, 0) is 24.5 Å². The molecule has 1 unspecified atom stereocenters. The highest BCUT2D eigenvalue weighted by Gasteiger charge is 2.40. The lowest BCUT2D eigenvalue weighted by atomic mass is 9.75. The Kier molecular flexibility index (Phi) is 5.82. The lowest BCUT2D eigenvalue weighted by molar-refractivity contribution is -0.152. The van der Waals surface area contributed by atoms with Crippen molar-refractivity contribution in [3.63, 3.8) is 0 Å². The second-order valence-electron chi connectivity index (χ2n) is 5.07. The van der Waals surface area contributed by atoms with Crippen molar-refractivity contribution in [2.24, 2.45) is 17.1 Å². The Labute approximate surface area is 119 Å². The monoisotopic (exact) mass is 281 g/mol. The standard InChI is InChI=1S/C15H23NO4/c1-11(2)15(10-16,14(17)18)8-9-20-13-7-5-4-6-12(13)19-3/h4-7,11H,8-10,16H2,1-3H3,(H,17,18). The van der Waals surface area contributed by atoms with E-state index in [1.165, 1.54) is 0 Å². The molecule has 3 N–H and O–H groups in total. The highest BCUT2D eigenvalue weighted by Crippen LogP contribution is 2.32. The molecule has 0 aliphatic carbocycles. The van der Waals surface area contributed by atoms with Gasteiger partial charge in [0.2, 0.25) is 0 Å². The Hall–Kier alpha value is -1.75. The second kappa shape index (κ2) is 7.14. The summed E-state index contributed by atoms with van der Waals surface area (Å²) in [5.41, 5.74) is 4.73. The van der Waals surface area contributed by atoms with E-state index in [-0.39, 0.29) is 19.1 Å². The Morgan fingerprint density at radius 2 is 1.95 bits per heavy atom. The minimum atomic E-state index is -0.956. The molecule has 0 heterocycles. The SMILES string of the molecule is COc1ccccc1OCCC(CN)(C(=O)O)C(C)C. The van der Waals surface area contributed by atoms with Crippen LogP contribution in [0, 0.1) is 11.3 Å². The third-order valence-corrected chi connectivity index (χ3v) is 3.77. The fourth-order valence-corrected chi connectivity index (χ4v) is 2.15. The third-order valence-electron chi connectivity index (χ3n) is 3.77. The van der Waals surface area contributed by atoms with E-state index in [2.05, 4.69) is 0 Å². The van der Waals surface area contributed by atoms with Gasteiger partial charge in [0.15, 0.2) is 11.5 Å². The maximum absolute atomic E-state index is 11.5. The molecule has 0 saturated carbocycles. The number of hydrogen-bond donors (Lipinski definition) is 2. The lowest BCUT2D eigenvalue weighted by Gasteiger charge is -2.31. The van der Waals surface area contributed by atoms with Crippen molar-refractivity contribution < 1.29 is 19.4 Å². The first kappa shape index (κ1) is 16.3. The number of para-hydroxylation sites is 2. The summed E-state index contributed by atoms with van der Waals surface area (Å²) in [7, 11) is 1.57. The van der Waals surface area contributed by atoms with Crippen LogP contribution in [0.2, 0.25) is 0 Å². The molecule has 0 bridgehead atoms. The predicted molar refractivity (Wildman–Crippen MR) is 77.1 cm³/mol. The highest BCUT2D eigenvalue weighted by atomic mass is 16.5. The number of carboxylic acids is 1. The summed E-state index contributed by atoms with van der Waals surface area (Å²) in [6.45, 7) is 4.10. The van der Waals surface area contributed by atoms with E-state index in [4.69, 9.17) is 15.2 Å². The van der Waals surface area contributed by atoms with Crippen molar-refractivity contribution in [3.05, 3.63) is 24.3 Å². The predicted octanol–water partition coefficient (Wildman–Crippen LogP) is 2.15. The van der Waals surface area contributed by atoms with Gasteiger partial charge in [-0.2, -0.15) is 0 Å². The fraction of sp³-hybridized carbons (Fsp3) is 0.533. The Morgan fingerprint density at radius 1 is 1.35 bits per heavy atom. The molecule has 0 radical (unpaired) electrons. The zero-order chi connectivity index (χ0) is 15.2. The number of aliphatic carboxylic acids is 1. The van der Waals surface area contributed by atoms with Crippen molar-refractivity contribution in [2.75, 3.05) is 20.3 Å². The van der Waals surface area contributed by atoms with Crippen LogP contribution in [0.4, 0.5) is 0 Å². The van der Waals surface area contributed by atoms with Crippen LogP contribution in [0.3, 0.4) is 0 Å². The van der Waals surface area contributed by atoms with Crippen molar-refractivity contribution in [1.29, 1.82) is 0 Å². The summed E-state index contributed by atoms with van der Waals surface area (Å²) in [6, 6.07) is 7.28. The molecule has 112 valence electrons. The summed E-state index contributed by atoms with van der Waals surface area (Å²) < 4.78 is 10.8. The van der Waals surface area contributed by atoms with Crippen molar-refractivity contribution in [1.82, 2.24) is 0 Å². The Morgan fingerprint density at radius 3 is 2.40 bits per heavy atom. The molecule has 0 aliphatic heterocycles. The van der Waals surface area contributed by atoms with Crippen molar-refractivity contribution >= 4 is 5.97 Å². The van der Waals surface area contributed by atoms with Gasteiger partial charge in [-0.25, -0.2) is 0 Å². The van der Waals surface area contributed by atoms with Crippen molar-refractivity contribution in [3.8, 4) is 11.5 Å². The average Bonchev–Trinajstić information content (AvgIpc) is 2.43. The summed E-state index contributed by atoms with van der Waals surface area (Å²) in [6.07, 6.45) is 0.356. The van der Waals surface area contributed by atoms with Crippen LogP contribution < -0.4 is 15.2 Å². The van der Waals surface area contributed by atoms with Gasteiger partial charge in [-0.1, -0.05) is 26.0 Å². The number of rotatable bonds is 8. The average molecular weight is 281 g/mol. The minimum Gasteiger partial charge on any atom is -0.493 e. The summed E-state index contributed by atoms with van der Waals surface area (Å²) in [5, 5.41) is 9.43. The van der Waals surface area contributed by atoms with Crippen LogP contribution in [0.25, 0.3) is 0 Å². The number of nitrogens with two attached hydrogens (primary N) is 1. The van der Waals surface area contributed by atoms with E-state index in [1.54, 1.807) is 19.2 Å². The molecule has 0 spiro atoms. The zero-order valence-corrected chi connectivity index (χ0v) is 12.3. The van der Waals surface area contributed by atoms with Gasteiger partial charge in [0.1, 0.15) is 0 Å². The van der Waals surface area contributed by atoms with E-state index < -0.39 is 11.4 Å². The minimum absolute atomic E-state index is 0.0636.